The number of carbonyl (C=O) groups excluding carboxylic acids is 1. The van der Waals surface area contributed by atoms with Crippen LogP contribution in [0.2, 0.25) is 0 Å². The van der Waals surface area contributed by atoms with Crippen LogP contribution in [0.4, 0.5) is 10.6 Å². The Bertz CT molecular complexity index is 1410. The van der Waals surface area contributed by atoms with E-state index in [1.807, 2.05) is 13.8 Å². The molecule has 4 rings (SSSR count). The van der Waals surface area contributed by atoms with Gasteiger partial charge >= 0.3 is 6.09 Å². The van der Waals surface area contributed by atoms with Gasteiger partial charge in [-0.05, 0) is 53.9 Å². The summed E-state index contributed by atoms with van der Waals surface area (Å²) in [6, 6.07) is 0. The normalized spacial score (nSPS) is 23.1. The van der Waals surface area contributed by atoms with Gasteiger partial charge in [-0.25, -0.2) is 32.9 Å². The highest BCUT2D eigenvalue weighted by atomic mass is 32.2. The molecule has 2 saturated heterocycles. The molecule has 260 valence electrons. The molecule has 2 aliphatic heterocycles. The number of ether oxygens (including phenoxy) is 4. The Kier molecular flexibility index (Phi) is 12.1. The first-order chi connectivity index (χ1) is 21.6. The fourth-order valence-electron chi connectivity index (χ4n) is 6.20. The first kappa shape index (κ1) is 36.9. The fourth-order valence-corrected chi connectivity index (χ4v) is 15.1. The van der Waals surface area contributed by atoms with Gasteiger partial charge < -0.3 is 18.9 Å². The minimum atomic E-state index is -3.58. The molecule has 2 N–H and O–H groups in total. The van der Waals surface area contributed by atoms with Crippen molar-refractivity contribution in [3.05, 3.63) is 12.7 Å². The molecule has 1 unspecified atom stereocenters. The molecule has 4 heterocycles. The summed E-state index contributed by atoms with van der Waals surface area (Å²) >= 11 is 0. The average molecular weight is 686 g/mol. The lowest BCUT2D eigenvalue weighted by atomic mass is 10.1. The number of hydrogen-bond acceptors (Lipinski definition) is 10. The molecule has 4 atom stereocenters. The summed E-state index contributed by atoms with van der Waals surface area (Å²) in [6.07, 6.45) is 9.24. The summed E-state index contributed by atoms with van der Waals surface area (Å²) in [4.78, 5) is 25.5. The Morgan fingerprint density at radius 3 is 2.20 bits per heavy atom. The largest absolute Gasteiger partial charge is 0.444 e. The SMILES string of the molecule is CCCC[P+](CCCC)(CCCC)CS(=O)(=O)NC[C@H]1O[C@@H](n2cnc3c(NC(=O)OC(C)(C)C)ncnc32)C2OC(C)(C)O[C@H]21. The van der Waals surface area contributed by atoms with Crippen molar-refractivity contribution in [2.45, 2.75) is 130 Å². The third-order valence-electron chi connectivity index (χ3n) is 8.28. The number of amides is 1. The van der Waals surface area contributed by atoms with E-state index < -0.39 is 59.3 Å². The van der Waals surface area contributed by atoms with E-state index in [2.05, 4.69) is 45.8 Å². The Morgan fingerprint density at radius 1 is 1.00 bits per heavy atom. The number of fused-ring (bicyclic) bond motifs is 2. The molecule has 0 aliphatic carbocycles. The van der Waals surface area contributed by atoms with Crippen LogP contribution >= 0.6 is 7.26 Å². The maximum absolute atomic E-state index is 13.7. The molecule has 0 spiro atoms. The summed E-state index contributed by atoms with van der Waals surface area (Å²) < 4.78 is 56.4. The van der Waals surface area contributed by atoms with E-state index in [0.717, 1.165) is 57.0 Å². The maximum atomic E-state index is 13.7. The number of hydrogen-bond donors (Lipinski definition) is 2. The van der Waals surface area contributed by atoms with Crippen molar-refractivity contribution in [1.29, 1.82) is 0 Å². The molecule has 15 heteroatoms. The van der Waals surface area contributed by atoms with Gasteiger partial charge in [0.15, 0.2) is 34.5 Å². The fraction of sp³-hybridized carbons (Fsp3) is 0.806. The highest BCUT2D eigenvalue weighted by Gasteiger charge is 2.56. The van der Waals surface area contributed by atoms with Crippen molar-refractivity contribution in [3.8, 4) is 0 Å². The summed E-state index contributed by atoms with van der Waals surface area (Å²) in [7, 11) is -5.27. The predicted octanol–water partition coefficient (Wildman–Crippen LogP) is 5.89. The van der Waals surface area contributed by atoms with Crippen LogP contribution < -0.4 is 10.0 Å². The van der Waals surface area contributed by atoms with Gasteiger partial charge in [0.05, 0.1) is 24.8 Å². The minimum absolute atomic E-state index is 0.0574. The third-order valence-corrected chi connectivity index (χ3v) is 16.2. The highest BCUT2D eigenvalue weighted by Crippen LogP contribution is 2.61. The molecule has 2 fully saturated rings. The number of sulfonamides is 1. The van der Waals surface area contributed by atoms with Crippen LogP contribution in [-0.4, -0.2) is 94.3 Å². The van der Waals surface area contributed by atoms with Crippen molar-refractivity contribution in [2.24, 2.45) is 0 Å². The van der Waals surface area contributed by atoms with E-state index >= 15 is 0 Å². The van der Waals surface area contributed by atoms with Crippen LogP contribution in [0.1, 0.15) is 100 Å². The number of nitrogens with one attached hydrogen (secondary N) is 2. The number of carbonyl (C=O) groups is 1. The van der Waals surface area contributed by atoms with E-state index in [1.165, 1.54) is 6.33 Å². The quantitative estimate of drug-likeness (QED) is 0.205. The number of unbranched alkanes of at least 4 members (excludes halogenated alkanes) is 3. The molecule has 2 aromatic rings. The van der Waals surface area contributed by atoms with Gasteiger partial charge in [0, 0.05) is 13.8 Å². The Hall–Kier alpha value is -1.96. The molecule has 2 aromatic heterocycles. The zero-order valence-electron chi connectivity index (χ0n) is 28.7. The zero-order chi connectivity index (χ0) is 33.8. The number of aromatic nitrogens is 4. The van der Waals surface area contributed by atoms with Crippen LogP contribution in [0.5, 0.6) is 0 Å². The van der Waals surface area contributed by atoms with Crippen LogP contribution in [0.15, 0.2) is 12.7 Å². The molecule has 0 aromatic carbocycles. The predicted molar refractivity (Wildman–Crippen MR) is 181 cm³/mol. The van der Waals surface area contributed by atoms with Crippen LogP contribution in [0.25, 0.3) is 11.2 Å². The van der Waals surface area contributed by atoms with Gasteiger partial charge in [0.25, 0.3) is 0 Å². The van der Waals surface area contributed by atoms with Crippen LogP contribution in [0, 0.1) is 0 Å². The molecule has 0 saturated carbocycles. The van der Waals surface area contributed by atoms with E-state index in [0.29, 0.717) is 11.2 Å². The second kappa shape index (κ2) is 15.1. The Morgan fingerprint density at radius 2 is 1.61 bits per heavy atom. The minimum Gasteiger partial charge on any atom is -0.444 e. The molecule has 46 heavy (non-hydrogen) atoms. The van der Waals surface area contributed by atoms with Crippen molar-refractivity contribution in [1.82, 2.24) is 24.2 Å². The molecule has 0 bridgehead atoms. The first-order valence-electron chi connectivity index (χ1n) is 16.6. The van der Waals surface area contributed by atoms with Gasteiger partial charge in [-0.15, -0.1) is 0 Å². The second-order valence-corrected chi connectivity index (χ2v) is 20.5. The summed E-state index contributed by atoms with van der Waals surface area (Å²) in [5.41, 5.74) is 0.290. The topological polar surface area (TPSA) is 156 Å². The van der Waals surface area contributed by atoms with E-state index in [9.17, 15) is 13.2 Å². The highest BCUT2D eigenvalue weighted by molar-refractivity contribution is 8.00. The van der Waals surface area contributed by atoms with Crippen molar-refractivity contribution < 1.29 is 32.2 Å². The lowest BCUT2D eigenvalue weighted by molar-refractivity contribution is -0.195. The van der Waals surface area contributed by atoms with E-state index in [-0.39, 0.29) is 17.9 Å². The van der Waals surface area contributed by atoms with Gasteiger partial charge in [-0.1, -0.05) is 40.0 Å². The van der Waals surface area contributed by atoms with Crippen LogP contribution in [0.3, 0.4) is 0 Å². The number of imidazole rings is 1. The number of nitrogens with zero attached hydrogens (tertiary/aromatic N) is 4. The molecular formula is C31H54N6O7PS+. The Labute approximate surface area is 274 Å². The number of rotatable bonds is 16. The smallest absolute Gasteiger partial charge is 0.413 e. The lowest BCUT2D eigenvalue weighted by Crippen LogP contribution is -2.41. The van der Waals surface area contributed by atoms with Gasteiger partial charge in [0.1, 0.15) is 30.2 Å². The maximum Gasteiger partial charge on any atom is 0.413 e. The summed E-state index contributed by atoms with van der Waals surface area (Å²) in [5.74, 6) is -0.702. The third kappa shape index (κ3) is 9.35. The molecular weight excluding hydrogens is 631 g/mol. The number of anilines is 1. The Balaban J connectivity index is 1.54. The molecule has 13 nitrogen and oxygen atoms in total. The van der Waals surface area contributed by atoms with Gasteiger partial charge in [0.2, 0.25) is 10.0 Å². The standard InChI is InChI=1S/C31H53N6O7PS/c1-9-12-15-45(16-13-10-2,17-14-11-3)21-46(39,40)35-18-22-24-25(43-31(7,8)42-24)28(41-22)37-20-34-23-26(32-19-33-27(23)37)36-29(38)44-30(4,5)6/h19-20,22,24-25,28,35H,9-18,21H2,1-8H3/p+1/t22-,24+,25?,28-/m1/s1. The average Bonchev–Trinajstić information content (AvgIpc) is 3.62. The van der Waals surface area contributed by atoms with Gasteiger partial charge in [-0.2, -0.15) is 0 Å². The monoisotopic (exact) mass is 685 g/mol. The van der Waals surface area contributed by atoms with E-state index in [4.69, 9.17) is 18.9 Å². The zero-order valence-corrected chi connectivity index (χ0v) is 30.5. The van der Waals surface area contributed by atoms with Crippen LogP contribution in [-0.2, 0) is 29.0 Å². The molecule has 0 radical (unpaired) electrons. The summed E-state index contributed by atoms with van der Waals surface area (Å²) in [5, 5.41) is 2.65. The van der Waals surface area contributed by atoms with Gasteiger partial charge in [-0.3, -0.25) is 9.88 Å². The van der Waals surface area contributed by atoms with Crippen molar-refractivity contribution >= 4 is 40.4 Å². The molecule has 1 amide bonds. The van der Waals surface area contributed by atoms with E-state index in [1.54, 1.807) is 31.7 Å². The second-order valence-electron chi connectivity index (χ2n) is 14.0. The molecule has 2 aliphatic rings. The lowest BCUT2D eigenvalue weighted by Gasteiger charge is -2.28. The van der Waals surface area contributed by atoms with Crippen molar-refractivity contribution in [3.63, 3.8) is 0 Å². The van der Waals surface area contributed by atoms with Crippen molar-refractivity contribution in [2.75, 3.05) is 35.8 Å². The first-order valence-corrected chi connectivity index (χ1v) is 20.8. The summed E-state index contributed by atoms with van der Waals surface area (Å²) in [6.45, 7) is 15.5.